The number of carboxylic acid groups (broad SMARTS) is 1. The van der Waals surface area contributed by atoms with Gasteiger partial charge in [0.25, 0.3) is 0 Å². The molecule has 0 bridgehead atoms. The monoisotopic (exact) mass is 273 g/mol. The van der Waals surface area contributed by atoms with E-state index in [1.807, 2.05) is 13.8 Å². The van der Waals surface area contributed by atoms with Crippen molar-refractivity contribution in [1.82, 2.24) is 9.97 Å². The second kappa shape index (κ2) is 6.01. The quantitative estimate of drug-likeness (QED) is 0.871. The Labute approximate surface area is 116 Å². The van der Waals surface area contributed by atoms with Crippen LogP contribution in [0.3, 0.4) is 0 Å². The van der Waals surface area contributed by atoms with Crippen molar-refractivity contribution in [2.45, 2.75) is 13.8 Å². The molecule has 0 amide bonds. The van der Waals surface area contributed by atoms with Crippen molar-refractivity contribution >= 4 is 17.5 Å². The van der Waals surface area contributed by atoms with Gasteiger partial charge >= 0.3 is 5.97 Å². The maximum atomic E-state index is 10.9. The predicted molar refractivity (Wildman–Crippen MR) is 74.6 cm³/mol. The summed E-state index contributed by atoms with van der Waals surface area (Å²) in [6, 6.07) is 6.52. The Balaban J connectivity index is 2.28. The SMILES string of the molecule is CCOc1ncnc(Nc2cccc(C(=O)O)c2)c1C. The highest BCUT2D eigenvalue weighted by molar-refractivity contribution is 5.89. The highest BCUT2D eigenvalue weighted by Crippen LogP contribution is 2.24. The predicted octanol–water partition coefficient (Wildman–Crippen LogP) is 2.63. The zero-order valence-corrected chi connectivity index (χ0v) is 11.3. The second-order valence-corrected chi connectivity index (χ2v) is 4.10. The molecule has 2 N–H and O–H groups in total. The van der Waals surface area contributed by atoms with Crippen LogP contribution in [0.25, 0.3) is 0 Å². The maximum Gasteiger partial charge on any atom is 0.335 e. The number of aromatic nitrogens is 2. The van der Waals surface area contributed by atoms with Crippen LogP contribution in [-0.2, 0) is 0 Å². The number of nitrogens with one attached hydrogen (secondary N) is 1. The van der Waals surface area contributed by atoms with Gasteiger partial charge in [-0.2, -0.15) is 0 Å². The maximum absolute atomic E-state index is 10.9. The number of carbonyl (C=O) groups is 1. The summed E-state index contributed by atoms with van der Waals surface area (Å²) in [6.45, 7) is 4.24. The van der Waals surface area contributed by atoms with Gasteiger partial charge < -0.3 is 15.2 Å². The van der Waals surface area contributed by atoms with Crippen LogP contribution in [-0.4, -0.2) is 27.7 Å². The lowest BCUT2D eigenvalue weighted by Crippen LogP contribution is -2.03. The number of aromatic carboxylic acids is 1. The summed E-state index contributed by atoms with van der Waals surface area (Å²) in [5.74, 6) is 0.133. The van der Waals surface area contributed by atoms with Crippen LogP contribution in [0.4, 0.5) is 11.5 Å². The molecule has 0 radical (unpaired) electrons. The fraction of sp³-hybridized carbons (Fsp3) is 0.214. The van der Waals surface area contributed by atoms with Gasteiger partial charge in [0.2, 0.25) is 5.88 Å². The smallest absolute Gasteiger partial charge is 0.335 e. The molecule has 0 unspecified atom stereocenters. The molecule has 1 heterocycles. The van der Waals surface area contributed by atoms with Gasteiger partial charge in [0.05, 0.1) is 17.7 Å². The first-order valence-electron chi connectivity index (χ1n) is 6.16. The van der Waals surface area contributed by atoms with Crippen molar-refractivity contribution in [2.24, 2.45) is 0 Å². The van der Waals surface area contributed by atoms with E-state index in [0.717, 1.165) is 5.56 Å². The third-order valence-corrected chi connectivity index (χ3v) is 2.69. The van der Waals surface area contributed by atoms with Crippen molar-refractivity contribution in [3.05, 3.63) is 41.7 Å². The topological polar surface area (TPSA) is 84.3 Å². The van der Waals surface area contributed by atoms with E-state index >= 15 is 0 Å². The molecular weight excluding hydrogens is 258 g/mol. The summed E-state index contributed by atoms with van der Waals surface area (Å²) in [6.07, 6.45) is 1.40. The molecule has 0 saturated carbocycles. The molecule has 1 aromatic heterocycles. The molecular formula is C14H15N3O3. The minimum absolute atomic E-state index is 0.215. The first-order valence-corrected chi connectivity index (χ1v) is 6.16. The standard InChI is InChI=1S/C14H15N3O3/c1-3-20-13-9(2)12(15-8-16-13)17-11-6-4-5-10(7-11)14(18)19/h4-8H,3H2,1-2H3,(H,18,19)(H,15,16,17). The number of carboxylic acids is 1. The van der Waals surface area contributed by atoms with Gasteiger partial charge in [-0.15, -0.1) is 0 Å². The summed E-state index contributed by atoms with van der Waals surface area (Å²) in [7, 11) is 0. The number of ether oxygens (including phenoxy) is 1. The van der Waals surface area contributed by atoms with E-state index in [9.17, 15) is 4.79 Å². The van der Waals surface area contributed by atoms with Gasteiger partial charge in [0, 0.05) is 5.69 Å². The Morgan fingerprint density at radius 2 is 2.20 bits per heavy atom. The molecule has 0 spiro atoms. The third-order valence-electron chi connectivity index (χ3n) is 2.69. The Morgan fingerprint density at radius 1 is 1.40 bits per heavy atom. The molecule has 0 aliphatic carbocycles. The van der Waals surface area contributed by atoms with Gasteiger partial charge in [-0.25, -0.2) is 14.8 Å². The fourth-order valence-electron chi connectivity index (χ4n) is 1.71. The molecule has 2 rings (SSSR count). The molecule has 2 aromatic rings. The van der Waals surface area contributed by atoms with E-state index in [-0.39, 0.29) is 5.56 Å². The van der Waals surface area contributed by atoms with Crippen LogP contribution >= 0.6 is 0 Å². The van der Waals surface area contributed by atoms with Gasteiger partial charge in [-0.1, -0.05) is 6.07 Å². The van der Waals surface area contributed by atoms with Crippen LogP contribution < -0.4 is 10.1 Å². The first-order chi connectivity index (χ1) is 9.61. The molecule has 0 atom stereocenters. The lowest BCUT2D eigenvalue weighted by Gasteiger charge is -2.11. The lowest BCUT2D eigenvalue weighted by molar-refractivity contribution is 0.0697. The average molecular weight is 273 g/mol. The number of nitrogens with zero attached hydrogens (tertiary/aromatic N) is 2. The van der Waals surface area contributed by atoms with E-state index in [1.165, 1.54) is 12.4 Å². The van der Waals surface area contributed by atoms with Crippen LogP contribution in [0.1, 0.15) is 22.8 Å². The molecule has 1 aromatic carbocycles. The molecule has 0 aliphatic rings. The van der Waals surface area contributed by atoms with E-state index in [1.54, 1.807) is 18.2 Å². The average Bonchev–Trinajstić information content (AvgIpc) is 2.44. The number of anilines is 2. The molecule has 6 nitrogen and oxygen atoms in total. The van der Waals surface area contributed by atoms with Crippen molar-refractivity contribution in [1.29, 1.82) is 0 Å². The minimum Gasteiger partial charge on any atom is -0.478 e. The van der Waals surface area contributed by atoms with Gasteiger partial charge in [0.1, 0.15) is 12.1 Å². The Kier molecular flexibility index (Phi) is 4.14. The zero-order chi connectivity index (χ0) is 14.5. The van der Waals surface area contributed by atoms with Crippen molar-refractivity contribution in [3.63, 3.8) is 0 Å². The molecule has 6 heteroatoms. The summed E-state index contributed by atoms with van der Waals surface area (Å²) >= 11 is 0. The van der Waals surface area contributed by atoms with Gasteiger partial charge in [0.15, 0.2) is 0 Å². The number of hydrogen-bond acceptors (Lipinski definition) is 5. The minimum atomic E-state index is -0.969. The van der Waals surface area contributed by atoms with Crippen LogP contribution in [0, 0.1) is 6.92 Å². The van der Waals surface area contributed by atoms with Crippen molar-refractivity contribution in [3.8, 4) is 5.88 Å². The third kappa shape index (κ3) is 3.03. The molecule has 20 heavy (non-hydrogen) atoms. The summed E-state index contributed by atoms with van der Waals surface area (Å²) in [5, 5.41) is 12.0. The van der Waals surface area contributed by atoms with Crippen molar-refractivity contribution < 1.29 is 14.6 Å². The lowest BCUT2D eigenvalue weighted by atomic mass is 10.2. The van der Waals surface area contributed by atoms with E-state index in [4.69, 9.17) is 9.84 Å². The molecule has 0 aliphatic heterocycles. The second-order valence-electron chi connectivity index (χ2n) is 4.10. The van der Waals surface area contributed by atoms with E-state index < -0.39 is 5.97 Å². The van der Waals surface area contributed by atoms with Gasteiger partial charge in [-0.3, -0.25) is 0 Å². The highest BCUT2D eigenvalue weighted by atomic mass is 16.5. The normalized spacial score (nSPS) is 10.1. The highest BCUT2D eigenvalue weighted by Gasteiger charge is 2.09. The Morgan fingerprint density at radius 3 is 2.90 bits per heavy atom. The number of benzene rings is 1. The Bertz CT molecular complexity index is 629. The first kappa shape index (κ1) is 13.8. The summed E-state index contributed by atoms with van der Waals surface area (Å²) in [5.41, 5.74) is 1.64. The van der Waals surface area contributed by atoms with Crippen LogP contribution in [0.2, 0.25) is 0 Å². The Hall–Kier alpha value is -2.63. The van der Waals surface area contributed by atoms with Crippen LogP contribution in [0.5, 0.6) is 5.88 Å². The van der Waals surface area contributed by atoms with E-state index in [2.05, 4.69) is 15.3 Å². The fourth-order valence-corrected chi connectivity index (χ4v) is 1.71. The molecule has 0 fully saturated rings. The van der Waals surface area contributed by atoms with Crippen molar-refractivity contribution in [2.75, 3.05) is 11.9 Å². The molecule has 104 valence electrons. The van der Waals surface area contributed by atoms with E-state index in [0.29, 0.717) is 24.0 Å². The largest absolute Gasteiger partial charge is 0.478 e. The number of hydrogen-bond donors (Lipinski definition) is 2. The summed E-state index contributed by atoms with van der Waals surface area (Å²) in [4.78, 5) is 19.1. The van der Waals surface area contributed by atoms with Gasteiger partial charge in [-0.05, 0) is 32.0 Å². The zero-order valence-electron chi connectivity index (χ0n) is 11.3. The summed E-state index contributed by atoms with van der Waals surface area (Å²) < 4.78 is 5.39. The number of rotatable bonds is 5. The molecule has 0 saturated heterocycles. The van der Waals surface area contributed by atoms with Crippen LogP contribution in [0.15, 0.2) is 30.6 Å².